The van der Waals surface area contributed by atoms with Crippen molar-refractivity contribution < 1.29 is 4.79 Å². The zero-order chi connectivity index (χ0) is 11.4. The van der Waals surface area contributed by atoms with E-state index in [1.165, 1.54) is 0 Å². The summed E-state index contributed by atoms with van der Waals surface area (Å²) in [6.45, 7) is 3.85. The number of amides is 1. The average molecular weight is 207 g/mol. The van der Waals surface area contributed by atoms with Gasteiger partial charge in [0.15, 0.2) is 0 Å². The van der Waals surface area contributed by atoms with E-state index < -0.39 is 0 Å². The van der Waals surface area contributed by atoms with Crippen molar-refractivity contribution in [2.75, 3.05) is 19.0 Å². The smallest absolute Gasteiger partial charge is 0.270 e. The highest BCUT2D eigenvalue weighted by Gasteiger charge is 2.09. The summed E-state index contributed by atoms with van der Waals surface area (Å²) in [7, 11) is 3.79. The van der Waals surface area contributed by atoms with Crippen LogP contribution in [0.2, 0.25) is 0 Å². The quantitative estimate of drug-likeness (QED) is 0.812. The summed E-state index contributed by atoms with van der Waals surface area (Å²) < 4.78 is 0. The van der Waals surface area contributed by atoms with Crippen molar-refractivity contribution in [1.82, 2.24) is 10.3 Å². The maximum atomic E-state index is 11.6. The van der Waals surface area contributed by atoms with Gasteiger partial charge >= 0.3 is 0 Å². The zero-order valence-corrected chi connectivity index (χ0v) is 9.61. The molecule has 1 N–H and O–H groups in total. The molecule has 1 rings (SSSR count). The Morgan fingerprint density at radius 3 is 2.60 bits per heavy atom. The van der Waals surface area contributed by atoms with Crippen LogP contribution in [0.5, 0.6) is 0 Å². The van der Waals surface area contributed by atoms with Gasteiger partial charge in [0.05, 0.1) is 0 Å². The van der Waals surface area contributed by atoms with Gasteiger partial charge < -0.3 is 10.2 Å². The van der Waals surface area contributed by atoms with Crippen molar-refractivity contribution in [1.29, 1.82) is 0 Å². The van der Waals surface area contributed by atoms with E-state index in [9.17, 15) is 4.79 Å². The van der Waals surface area contributed by atoms with E-state index in [1.807, 2.05) is 45.0 Å². The number of hydrogen-bond donors (Lipinski definition) is 1. The minimum atomic E-state index is -0.131. The number of carbonyl (C=O) groups is 1. The highest BCUT2D eigenvalue weighted by molar-refractivity contribution is 5.92. The predicted octanol–water partition coefficient (Wildman–Crippen LogP) is 1.29. The Balaban J connectivity index is 2.85. The average Bonchev–Trinajstić information content (AvgIpc) is 2.17. The molecule has 0 bridgehead atoms. The standard InChI is InChI=1S/C11H17N3O/c1-8(2)12-11(15)9-6-5-7-10(13-9)14(3)4/h5-8H,1-4H3,(H,12,15). The monoisotopic (exact) mass is 207 g/mol. The fourth-order valence-electron chi connectivity index (χ4n) is 1.13. The highest BCUT2D eigenvalue weighted by atomic mass is 16.1. The van der Waals surface area contributed by atoms with Gasteiger partial charge in [-0.05, 0) is 26.0 Å². The summed E-state index contributed by atoms with van der Waals surface area (Å²) in [6, 6.07) is 5.54. The maximum Gasteiger partial charge on any atom is 0.270 e. The Hall–Kier alpha value is -1.58. The summed E-state index contributed by atoms with van der Waals surface area (Å²) in [5.41, 5.74) is 0.454. The second kappa shape index (κ2) is 4.77. The molecule has 4 heteroatoms. The molecule has 0 aromatic carbocycles. The van der Waals surface area contributed by atoms with Gasteiger partial charge in [-0.2, -0.15) is 0 Å². The van der Waals surface area contributed by atoms with Crippen molar-refractivity contribution in [3.05, 3.63) is 23.9 Å². The largest absolute Gasteiger partial charge is 0.363 e. The van der Waals surface area contributed by atoms with Gasteiger partial charge in [0.2, 0.25) is 0 Å². The van der Waals surface area contributed by atoms with Crippen LogP contribution in [0, 0.1) is 0 Å². The Morgan fingerprint density at radius 2 is 2.07 bits per heavy atom. The van der Waals surface area contributed by atoms with Crippen LogP contribution in [0.25, 0.3) is 0 Å². The van der Waals surface area contributed by atoms with E-state index >= 15 is 0 Å². The molecule has 0 saturated heterocycles. The van der Waals surface area contributed by atoms with Crippen LogP contribution >= 0.6 is 0 Å². The van der Waals surface area contributed by atoms with Gasteiger partial charge in [0, 0.05) is 20.1 Å². The third kappa shape index (κ3) is 3.23. The molecule has 0 aliphatic rings. The van der Waals surface area contributed by atoms with Crippen molar-refractivity contribution in [2.24, 2.45) is 0 Å². The third-order valence-electron chi connectivity index (χ3n) is 1.84. The molecule has 82 valence electrons. The molecule has 0 aliphatic heterocycles. The molecular weight excluding hydrogens is 190 g/mol. The fourth-order valence-corrected chi connectivity index (χ4v) is 1.13. The highest BCUT2D eigenvalue weighted by Crippen LogP contribution is 2.07. The molecule has 0 radical (unpaired) electrons. The lowest BCUT2D eigenvalue weighted by molar-refractivity contribution is 0.0938. The number of pyridine rings is 1. The van der Waals surface area contributed by atoms with Crippen LogP contribution in [0.4, 0.5) is 5.82 Å². The molecule has 0 spiro atoms. The minimum absolute atomic E-state index is 0.127. The van der Waals surface area contributed by atoms with Crippen molar-refractivity contribution in [3.63, 3.8) is 0 Å². The van der Waals surface area contributed by atoms with E-state index in [2.05, 4.69) is 10.3 Å². The van der Waals surface area contributed by atoms with Gasteiger partial charge in [-0.3, -0.25) is 4.79 Å². The van der Waals surface area contributed by atoms with Gasteiger partial charge in [-0.1, -0.05) is 6.07 Å². The van der Waals surface area contributed by atoms with E-state index in [0.29, 0.717) is 5.69 Å². The Morgan fingerprint density at radius 1 is 1.40 bits per heavy atom. The number of nitrogens with one attached hydrogen (secondary N) is 1. The van der Waals surface area contributed by atoms with Gasteiger partial charge in [0.25, 0.3) is 5.91 Å². The lowest BCUT2D eigenvalue weighted by Crippen LogP contribution is -2.31. The molecule has 0 aliphatic carbocycles. The second-order valence-electron chi connectivity index (χ2n) is 3.90. The lowest BCUT2D eigenvalue weighted by atomic mass is 10.3. The topological polar surface area (TPSA) is 45.2 Å². The molecule has 0 unspecified atom stereocenters. The molecule has 1 heterocycles. The SMILES string of the molecule is CC(C)NC(=O)c1cccc(N(C)C)n1. The minimum Gasteiger partial charge on any atom is -0.363 e. The zero-order valence-electron chi connectivity index (χ0n) is 9.61. The van der Waals surface area contributed by atoms with E-state index in [4.69, 9.17) is 0 Å². The van der Waals surface area contributed by atoms with Gasteiger partial charge in [-0.15, -0.1) is 0 Å². The molecular formula is C11H17N3O. The second-order valence-corrected chi connectivity index (χ2v) is 3.90. The first-order valence-corrected chi connectivity index (χ1v) is 4.96. The Kier molecular flexibility index (Phi) is 3.66. The van der Waals surface area contributed by atoms with Crippen LogP contribution in [0.15, 0.2) is 18.2 Å². The molecule has 1 aromatic rings. The third-order valence-corrected chi connectivity index (χ3v) is 1.84. The molecule has 4 nitrogen and oxygen atoms in total. The molecule has 15 heavy (non-hydrogen) atoms. The number of anilines is 1. The van der Waals surface area contributed by atoms with Gasteiger partial charge in [0.1, 0.15) is 11.5 Å². The van der Waals surface area contributed by atoms with Crippen LogP contribution < -0.4 is 10.2 Å². The number of aromatic nitrogens is 1. The summed E-state index contributed by atoms with van der Waals surface area (Å²) >= 11 is 0. The molecule has 0 saturated carbocycles. The lowest BCUT2D eigenvalue weighted by Gasteiger charge is -2.13. The number of nitrogens with zero attached hydrogens (tertiary/aromatic N) is 2. The van der Waals surface area contributed by atoms with Crippen molar-refractivity contribution in [2.45, 2.75) is 19.9 Å². The number of carbonyl (C=O) groups excluding carboxylic acids is 1. The number of hydrogen-bond acceptors (Lipinski definition) is 3. The molecule has 0 atom stereocenters. The normalized spacial score (nSPS) is 10.2. The molecule has 1 amide bonds. The fraction of sp³-hybridized carbons (Fsp3) is 0.455. The van der Waals surface area contributed by atoms with E-state index in [0.717, 1.165) is 5.82 Å². The Labute approximate surface area is 90.3 Å². The summed E-state index contributed by atoms with van der Waals surface area (Å²) in [5, 5.41) is 2.81. The molecule has 0 fully saturated rings. The van der Waals surface area contributed by atoms with Crippen molar-refractivity contribution in [3.8, 4) is 0 Å². The van der Waals surface area contributed by atoms with Crippen LogP contribution in [0.1, 0.15) is 24.3 Å². The van der Waals surface area contributed by atoms with Crippen LogP contribution in [-0.2, 0) is 0 Å². The van der Waals surface area contributed by atoms with Crippen LogP contribution in [0.3, 0.4) is 0 Å². The molecule has 1 aromatic heterocycles. The van der Waals surface area contributed by atoms with Crippen molar-refractivity contribution >= 4 is 11.7 Å². The first-order chi connectivity index (χ1) is 7.00. The summed E-state index contributed by atoms with van der Waals surface area (Å²) in [4.78, 5) is 17.7. The Bertz CT molecular complexity index is 347. The van der Waals surface area contributed by atoms with Gasteiger partial charge in [-0.25, -0.2) is 4.98 Å². The first kappa shape index (κ1) is 11.5. The summed E-state index contributed by atoms with van der Waals surface area (Å²) in [5.74, 6) is 0.653. The maximum absolute atomic E-state index is 11.6. The van der Waals surface area contributed by atoms with E-state index in [1.54, 1.807) is 6.07 Å². The number of rotatable bonds is 3. The summed E-state index contributed by atoms with van der Waals surface area (Å²) in [6.07, 6.45) is 0. The van der Waals surface area contributed by atoms with E-state index in [-0.39, 0.29) is 11.9 Å². The predicted molar refractivity (Wildman–Crippen MR) is 61.2 cm³/mol. The first-order valence-electron chi connectivity index (χ1n) is 4.96. The van der Waals surface area contributed by atoms with Crippen LogP contribution in [-0.4, -0.2) is 31.0 Å².